The number of alkyl halides is 3. The van der Waals surface area contributed by atoms with Gasteiger partial charge in [-0.1, -0.05) is 6.92 Å². The van der Waals surface area contributed by atoms with Crippen LogP contribution in [0.25, 0.3) is 11.0 Å². The first-order chi connectivity index (χ1) is 11.8. The van der Waals surface area contributed by atoms with E-state index in [1.165, 1.54) is 6.07 Å². The number of imidazole rings is 1. The summed E-state index contributed by atoms with van der Waals surface area (Å²) in [7, 11) is 1.82. The number of benzene rings is 1. The maximum absolute atomic E-state index is 13.2. The van der Waals surface area contributed by atoms with Gasteiger partial charge in [-0.05, 0) is 24.1 Å². The van der Waals surface area contributed by atoms with Gasteiger partial charge >= 0.3 is 6.18 Å². The van der Waals surface area contributed by atoms with Crippen molar-refractivity contribution in [3.63, 3.8) is 0 Å². The highest BCUT2D eigenvalue weighted by molar-refractivity contribution is 5.78. The number of hydrogen-bond donors (Lipinski definition) is 1. The Morgan fingerprint density at radius 1 is 1.24 bits per heavy atom. The highest BCUT2D eigenvalue weighted by Crippen LogP contribution is 2.36. The SMILES string of the molecule is CCc1cc(C#N)c(C(F)(F)F)cc1Nc1cc2c(cn1)ncn2C. The smallest absolute Gasteiger partial charge is 0.340 e. The van der Waals surface area contributed by atoms with E-state index < -0.39 is 11.7 Å². The second kappa shape index (κ2) is 6.09. The summed E-state index contributed by atoms with van der Waals surface area (Å²) in [4.78, 5) is 8.35. The summed E-state index contributed by atoms with van der Waals surface area (Å²) < 4.78 is 41.4. The lowest BCUT2D eigenvalue weighted by atomic mass is 10.0. The van der Waals surface area contributed by atoms with Crippen molar-refractivity contribution in [2.75, 3.05) is 5.32 Å². The second-order valence-electron chi connectivity index (χ2n) is 5.56. The van der Waals surface area contributed by atoms with E-state index >= 15 is 0 Å². The van der Waals surface area contributed by atoms with Crippen molar-refractivity contribution in [2.45, 2.75) is 19.5 Å². The van der Waals surface area contributed by atoms with Gasteiger partial charge in [0.15, 0.2) is 0 Å². The number of hydrogen-bond acceptors (Lipinski definition) is 4. The molecule has 0 spiro atoms. The lowest BCUT2D eigenvalue weighted by Crippen LogP contribution is -2.10. The van der Waals surface area contributed by atoms with Crippen LogP contribution in [0.15, 0.2) is 30.7 Å². The van der Waals surface area contributed by atoms with Crippen LogP contribution in [-0.4, -0.2) is 14.5 Å². The van der Waals surface area contributed by atoms with Crippen molar-refractivity contribution in [3.8, 4) is 6.07 Å². The van der Waals surface area contributed by atoms with Crippen molar-refractivity contribution in [1.82, 2.24) is 14.5 Å². The van der Waals surface area contributed by atoms with E-state index in [0.29, 0.717) is 23.3 Å². The van der Waals surface area contributed by atoms with Gasteiger partial charge in [-0.15, -0.1) is 0 Å². The molecule has 1 aromatic carbocycles. The fourth-order valence-electron chi connectivity index (χ4n) is 2.62. The van der Waals surface area contributed by atoms with E-state index in [1.54, 1.807) is 29.2 Å². The van der Waals surface area contributed by atoms with Gasteiger partial charge in [0.2, 0.25) is 0 Å². The molecule has 0 amide bonds. The molecule has 0 bridgehead atoms. The van der Waals surface area contributed by atoms with Gasteiger partial charge in [-0.2, -0.15) is 18.4 Å². The first kappa shape index (κ1) is 16.8. The average Bonchev–Trinajstić information content (AvgIpc) is 2.94. The zero-order valence-corrected chi connectivity index (χ0v) is 13.5. The largest absolute Gasteiger partial charge is 0.417 e. The molecule has 0 aliphatic carbocycles. The highest BCUT2D eigenvalue weighted by atomic mass is 19.4. The molecular weight excluding hydrogens is 331 g/mol. The minimum Gasteiger partial charge on any atom is -0.340 e. The van der Waals surface area contributed by atoms with E-state index in [0.717, 1.165) is 11.6 Å². The Hall–Kier alpha value is -3.08. The monoisotopic (exact) mass is 345 g/mol. The van der Waals surface area contributed by atoms with Crippen LogP contribution >= 0.6 is 0 Å². The molecule has 2 aromatic heterocycles. The third-order valence-corrected chi connectivity index (χ3v) is 3.92. The van der Waals surface area contributed by atoms with Gasteiger partial charge in [0, 0.05) is 18.8 Å². The van der Waals surface area contributed by atoms with Crippen molar-refractivity contribution >= 4 is 22.5 Å². The van der Waals surface area contributed by atoms with Gasteiger partial charge in [-0.3, -0.25) is 0 Å². The van der Waals surface area contributed by atoms with Crippen LogP contribution in [0.3, 0.4) is 0 Å². The van der Waals surface area contributed by atoms with E-state index in [4.69, 9.17) is 5.26 Å². The number of nitrogens with one attached hydrogen (secondary N) is 1. The molecule has 0 atom stereocenters. The summed E-state index contributed by atoms with van der Waals surface area (Å²) in [6, 6.07) is 5.57. The number of halogens is 3. The van der Waals surface area contributed by atoms with Crippen molar-refractivity contribution in [3.05, 3.63) is 47.4 Å². The van der Waals surface area contributed by atoms with Crippen molar-refractivity contribution in [1.29, 1.82) is 5.26 Å². The number of nitrogens with zero attached hydrogens (tertiary/aromatic N) is 4. The van der Waals surface area contributed by atoms with E-state index in [1.807, 2.05) is 14.0 Å². The predicted molar refractivity (Wildman–Crippen MR) is 87.3 cm³/mol. The van der Waals surface area contributed by atoms with Crippen LogP contribution in [0.1, 0.15) is 23.6 Å². The van der Waals surface area contributed by atoms with E-state index in [9.17, 15) is 13.2 Å². The summed E-state index contributed by atoms with van der Waals surface area (Å²) in [5.74, 6) is 0.406. The summed E-state index contributed by atoms with van der Waals surface area (Å²) in [6.07, 6.45) is -0.940. The third kappa shape index (κ3) is 3.13. The minimum absolute atomic E-state index is 0.280. The summed E-state index contributed by atoms with van der Waals surface area (Å²) in [5.41, 5.74) is 1.04. The van der Waals surface area contributed by atoms with Crippen molar-refractivity contribution < 1.29 is 13.2 Å². The number of rotatable bonds is 3. The molecule has 3 aromatic rings. The fourth-order valence-corrected chi connectivity index (χ4v) is 2.62. The topological polar surface area (TPSA) is 66.5 Å². The van der Waals surface area contributed by atoms with Gasteiger partial charge in [-0.25, -0.2) is 9.97 Å². The number of fused-ring (bicyclic) bond motifs is 1. The number of anilines is 2. The molecule has 8 heteroatoms. The number of aromatic nitrogens is 3. The van der Waals surface area contributed by atoms with E-state index in [-0.39, 0.29) is 11.3 Å². The molecule has 1 N–H and O–H groups in total. The maximum atomic E-state index is 13.2. The molecule has 128 valence electrons. The zero-order valence-electron chi connectivity index (χ0n) is 13.5. The van der Waals surface area contributed by atoms with Crippen LogP contribution < -0.4 is 5.32 Å². The molecular formula is C17H14F3N5. The second-order valence-corrected chi connectivity index (χ2v) is 5.56. The molecule has 0 saturated carbocycles. The number of aryl methyl sites for hydroxylation is 2. The molecule has 0 saturated heterocycles. The van der Waals surface area contributed by atoms with Gasteiger partial charge in [0.25, 0.3) is 0 Å². The first-order valence-corrected chi connectivity index (χ1v) is 7.51. The maximum Gasteiger partial charge on any atom is 0.417 e. The Morgan fingerprint density at radius 3 is 2.64 bits per heavy atom. The molecule has 0 aliphatic rings. The number of pyridine rings is 1. The molecule has 0 aliphatic heterocycles. The summed E-state index contributed by atoms with van der Waals surface area (Å²) in [5, 5.41) is 11.9. The molecule has 2 heterocycles. The Balaban J connectivity index is 2.08. The highest BCUT2D eigenvalue weighted by Gasteiger charge is 2.34. The van der Waals surface area contributed by atoms with Crippen LogP contribution in [0.2, 0.25) is 0 Å². The lowest BCUT2D eigenvalue weighted by molar-refractivity contribution is -0.137. The molecule has 25 heavy (non-hydrogen) atoms. The Kier molecular flexibility index (Phi) is 4.08. The van der Waals surface area contributed by atoms with Gasteiger partial charge < -0.3 is 9.88 Å². The molecule has 5 nitrogen and oxygen atoms in total. The third-order valence-electron chi connectivity index (χ3n) is 3.92. The quantitative estimate of drug-likeness (QED) is 0.774. The minimum atomic E-state index is -4.60. The van der Waals surface area contributed by atoms with Crippen LogP contribution in [0, 0.1) is 11.3 Å². The zero-order chi connectivity index (χ0) is 18.2. The fraction of sp³-hybridized carbons (Fsp3) is 0.235. The normalized spacial score (nSPS) is 11.5. The van der Waals surface area contributed by atoms with Crippen molar-refractivity contribution in [2.24, 2.45) is 7.05 Å². The van der Waals surface area contributed by atoms with Crippen LogP contribution in [0.4, 0.5) is 24.7 Å². The standard InChI is InChI=1S/C17H14F3N5/c1-3-10-4-11(7-21)12(17(18,19)20)5-13(10)24-16-6-15-14(8-22-16)23-9-25(15)2/h4-6,8-9H,3H2,1-2H3,(H,22,24). The molecule has 0 radical (unpaired) electrons. The Labute approximate surface area is 141 Å². The summed E-state index contributed by atoms with van der Waals surface area (Å²) >= 11 is 0. The average molecular weight is 345 g/mol. The first-order valence-electron chi connectivity index (χ1n) is 7.51. The van der Waals surface area contributed by atoms with Gasteiger partial charge in [0.05, 0.1) is 35.2 Å². The molecule has 3 rings (SSSR count). The predicted octanol–water partition coefficient (Wildman–Crippen LogP) is 4.16. The summed E-state index contributed by atoms with van der Waals surface area (Å²) in [6.45, 7) is 1.81. The lowest BCUT2D eigenvalue weighted by Gasteiger charge is -2.16. The van der Waals surface area contributed by atoms with E-state index in [2.05, 4.69) is 15.3 Å². The Bertz CT molecular complexity index is 982. The Morgan fingerprint density at radius 2 is 2.00 bits per heavy atom. The van der Waals surface area contributed by atoms with Crippen LogP contribution in [-0.2, 0) is 19.6 Å². The van der Waals surface area contributed by atoms with Gasteiger partial charge in [0.1, 0.15) is 11.3 Å². The number of nitriles is 1. The molecule has 0 unspecified atom stereocenters. The van der Waals surface area contributed by atoms with Crippen LogP contribution in [0.5, 0.6) is 0 Å². The molecule has 0 fully saturated rings.